The first-order valence-electron chi connectivity index (χ1n) is 7.74. The smallest absolute Gasteiger partial charge is 0.227 e. The third kappa shape index (κ3) is 4.29. The summed E-state index contributed by atoms with van der Waals surface area (Å²) in [6.07, 6.45) is 1.77. The fourth-order valence-electron chi connectivity index (χ4n) is 2.51. The molecule has 7 heteroatoms. The molecule has 0 aliphatic carbocycles. The monoisotopic (exact) mass is 316 g/mol. The van der Waals surface area contributed by atoms with Crippen LogP contribution >= 0.6 is 0 Å². The van der Waals surface area contributed by atoms with Crippen LogP contribution in [0.3, 0.4) is 0 Å². The summed E-state index contributed by atoms with van der Waals surface area (Å²) in [6, 6.07) is 7.28. The first kappa shape index (κ1) is 15.5. The molecule has 1 aromatic heterocycles. The van der Waals surface area contributed by atoms with Gasteiger partial charge in [0, 0.05) is 18.5 Å². The molecule has 2 N–H and O–H groups in total. The predicted molar refractivity (Wildman–Crippen MR) is 84.0 cm³/mol. The minimum absolute atomic E-state index is 0.0856. The van der Waals surface area contributed by atoms with E-state index in [0.717, 1.165) is 31.6 Å². The van der Waals surface area contributed by atoms with E-state index in [9.17, 15) is 4.79 Å². The highest BCUT2D eigenvalue weighted by molar-refractivity contribution is 5.92. The van der Waals surface area contributed by atoms with Crippen molar-refractivity contribution >= 4 is 11.6 Å². The van der Waals surface area contributed by atoms with Crippen LogP contribution in [0.25, 0.3) is 0 Å². The maximum atomic E-state index is 12.2. The summed E-state index contributed by atoms with van der Waals surface area (Å²) >= 11 is 0. The average molecular weight is 316 g/mol. The van der Waals surface area contributed by atoms with Crippen LogP contribution in [-0.4, -0.2) is 29.1 Å². The molecule has 0 spiro atoms. The number of anilines is 1. The van der Waals surface area contributed by atoms with Crippen LogP contribution in [0.1, 0.15) is 24.6 Å². The van der Waals surface area contributed by atoms with Crippen molar-refractivity contribution in [1.82, 2.24) is 15.5 Å². The molecule has 2 aromatic rings. The van der Waals surface area contributed by atoms with Crippen molar-refractivity contribution < 1.29 is 14.1 Å². The van der Waals surface area contributed by atoms with E-state index >= 15 is 0 Å². The fraction of sp³-hybridized carbons (Fsp3) is 0.438. The molecule has 0 unspecified atom stereocenters. The lowest BCUT2D eigenvalue weighted by atomic mass is 9.97. The Morgan fingerprint density at radius 1 is 1.35 bits per heavy atom. The van der Waals surface area contributed by atoms with E-state index in [4.69, 9.17) is 9.26 Å². The summed E-state index contributed by atoms with van der Waals surface area (Å²) in [6.45, 7) is 3.79. The van der Waals surface area contributed by atoms with Crippen LogP contribution in [0.2, 0.25) is 0 Å². The van der Waals surface area contributed by atoms with Crippen LogP contribution in [0.15, 0.2) is 28.8 Å². The largest absolute Gasteiger partial charge is 0.485 e. The molecule has 1 aliphatic rings. The quantitative estimate of drug-likeness (QED) is 0.875. The van der Waals surface area contributed by atoms with Gasteiger partial charge >= 0.3 is 0 Å². The normalized spacial score (nSPS) is 15.3. The van der Waals surface area contributed by atoms with Gasteiger partial charge in [0.25, 0.3) is 0 Å². The van der Waals surface area contributed by atoms with Crippen LogP contribution < -0.4 is 15.4 Å². The number of hydrogen-bond donors (Lipinski definition) is 2. The highest BCUT2D eigenvalue weighted by atomic mass is 16.5. The molecule has 1 fully saturated rings. The van der Waals surface area contributed by atoms with Crippen molar-refractivity contribution in [3.8, 4) is 5.75 Å². The van der Waals surface area contributed by atoms with Crippen molar-refractivity contribution in [2.75, 3.05) is 18.4 Å². The number of nitrogens with one attached hydrogen (secondary N) is 2. The van der Waals surface area contributed by atoms with E-state index in [0.29, 0.717) is 17.5 Å². The average Bonchev–Trinajstić information content (AvgIpc) is 3.00. The number of carbonyl (C=O) groups is 1. The topological polar surface area (TPSA) is 89.3 Å². The minimum atomic E-state index is 0.0856. The van der Waals surface area contributed by atoms with Gasteiger partial charge < -0.3 is 19.9 Å². The Balaban J connectivity index is 1.51. The zero-order chi connectivity index (χ0) is 16.1. The minimum Gasteiger partial charge on any atom is -0.485 e. The van der Waals surface area contributed by atoms with Gasteiger partial charge in [-0.25, -0.2) is 0 Å². The lowest BCUT2D eigenvalue weighted by Gasteiger charge is -2.21. The predicted octanol–water partition coefficient (Wildman–Crippen LogP) is 1.90. The molecule has 0 radical (unpaired) electrons. The zero-order valence-corrected chi connectivity index (χ0v) is 13.0. The lowest BCUT2D eigenvalue weighted by Crippen LogP contribution is -2.34. The maximum Gasteiger partial charge on any atom is 0.227 e. The third-order valence-corrected chi connectivity index (χ3v) is 3.77. The van der Waals surface area contributed by atoms with Crippen molar-refractivity contribution in [1.29, 1.82) is 0 Å². The third-order valence-electron chi connectivity index (χ3n) is 3.77. The highest BCUT2D eigenvalue weighted by Crippen LogP contribution is 2.19. The number of nitrogens with zero attached hydrogens (tertiary/aromatic N) is 2. The second-order valence-electron chi connectivity index (χ2n) is 5.56. The standard InChI is InChI=1S/C16H20N4O3/c1-11-18-15(20-23-11)10-22-14-4-2-13(3-5-14)19-16(21)12-6-8-17-9-7-12/h2-5,12,17H,6-10H2,1H3,(H,19,21). The second-order valence-corrected chi connectivity index (χ2v) is 5.56. The van der Waals surface area contributed by atoms with Gasteiger partial charge in [0.05, 0.1) is 0 Å². The van der Waals surface area contributed by atoms with Gasteiger partial charge in [0.15, 0.2) is 6.61 Å². The molecule has 0 atom stereocenters. The molecule has 1 aromatic carbocycles. The molecule has 3 rings (SSSR count). The molecule has 23 heavy (non-hydrogen) atoms. The summed E-state index contributed by atoms with van der Waals surface area (Å²) in [5.74, 6) is 1.88. The van der Waals surface area contributed by atoms with Crippen molar-refractivity contribution in [3.05, 3.63) is 36.0 Å². The molecule has 0 bridgehead atoms. The zero-order valence-electron chi connectivity index (χ0n) is 13.0. The van der Waals surface area contributed by atoms with Crippen LogP contribution in [-0.2, 0) is 11.4 Å². The molecule has 122 valence electrons. The SMILES string of the molecule is Cc1nc(COc2ccc(NC(=O)C3CCNCC3)cc2)no1. The molecule has 7 nitrogen and oxygen atoms in total. The Labute approximate surface area is 134 Å². The number of rotatable bonds is 5. The number of carbonyl (C=O) groups excluding carboxylic acids is 1. The molecule has 1 aliphatic heterocycles. The number of aryl methyl sites for hydroxylation is 1. The molecule has 2 heterocycles. The van der Waals surface area contributed by atoms with E-state index in [1.54, 1.807) is 6.92 Å². The summed E-state index contributed by atoms with van der Waals surface area (Å²) in [5, 5.41) is 9.98. The number of hydrogen-bond acceptors (Lipinski definition) is 6. The van der Waals surface area contributed by atoms with Gasteiger partial charge in [-0.15, -0.1) is 0 Å². The van der Waals surface area contributed by atoms with Crippen molar-refractivity contribution in [3.63, 3.8) is 0 Å². The van der Waals surface area contributed by atoms with E-state index < -0.39 is 0 Å². The van der Waals surface area contributed by atoms with Gasteiger partial charge in [-0.2, -0.15) is 4.98 Å². The summed E-state index contributed by atoms with van der Waals surface area (Å²) < 4.78 is 10.5. The second kappa shape index (κ2) is 7.23. The number of amides is 1. The number of piperidine rings is 1. The first-order chi connectivity index (χ1) is 11.2. The van der Waals surface area contributed by atoms with E-state index in [2.05, 4.69) is 20.8 Å². The van der Waals surface area contributed by atoms with Crippen molar-refractivity contribution in [2.24, 2.45) is 5.92 Å². The molecule has 1 amide bonds. The van der Waals surface area contributed by atoms with Crippen molar-refractivity contribution in [2.45, 2.75) is 26.4 Å². The van der Waals surface area contributed by atoms with E-state index in [-0.39, 0.29) is 18.4 Å². The lowest BCUT2D eigenvalue weighted by molar-refractivity contribution is -0.120. The Hall–Kier alpha value is -2.41. The van der Waals surface area contributed by atoms with Gasteiger partial charge in [0.1, 0.15) is 5.75 Å². The van der Waals surface area contributed by atoms with Gasteiger partial charge in [-0.3, -0.25) is 4.79 Å². The van der Waals surface area contributed by atoms with Gasteiger partial charge in [-0.05, 0) is 50.2 Å². The highest BCUT2D eigenvalue weighted by Gasteiger charge is 2.20. The van der Waals surface area contributed by atoms with E-state index in [1.165, 1.54) is 0 Å². The molecular weight excluding hydrogens is 296 g/mol. The summed E-state index contributed by atoms with van der Waals surface area (Å²) in [4.78, 5) is 16.2. The Morgan fingerprint density at radius 3 is 2.74 bits per heavy atom. The van der Waals surface area contributed by atoms with Crippen LogP contribution in [0.4, 0.5) is 5.69 Å². The van der Waals surface area contributed by atoms with Gasteiger partial charge in [0.2, 0.25) is 17.6 Å². The Morgan fingerprint density at radius 2 is 2.09 bits per heavy atom. The summed E-state index contributed by atoms with van der Waals surface area (Å²) in [5.41, 5.74) is 0.774. The van der Waals surface area contributed by atoms with Crippen LogP contribution in [0.5, 0.6) is 5.75 Å². The molecule has 1 saturated heterocycles. The molecule has 0 saturated carbocycles. The number of aromatic nitrogens is 2. The maximum absolute atomic E-state index is 12.2. The molecular formula is C16H20N4O3. The number of benzene rings is 1. The Bertz CT molecular complexity index is 648. The van der Waals surface area contributed by atoms with Gasteiger partial charge in [-0.1, -0.05) is 5.16 Å². The first-order valence-corrected chi connectivity index (χ1v) is 7.74. The fourth-order valence-corrected chi connectivity index (χ4v) is 2.51. The summed E-state index contributed by atoms with van der Waals surface area (Å²) in [7, 11) is 0. The van der Waals surface area contributed by atoms with E-state index in [1.807, 2.05) is 24.3 Å². The number of ether oxygens (including phenoxy) is 1. The van der Waals surface area contributed by atoms with Crippen LogP contribution in [0, 0.1) is 12.8 Å². The Kier molecular flexibility index (Phi) is 4.87.